The average molecular weight is 366 g/mol. The highest BCUT2D eigenvalue weighted by Gasteiger charge is 2.23. The van der Waals surface area contributed by atoms with Crippen molar-refractivity contribution in [1.29, 1.82) is 0 Å². The van der Waals surface area contributed by atoms with Crippen LogP contribution in [0.2, 0.25) is 0 Å². The number of rotatable bonds is 4. The Bertz CT molecular complexity index is 807. The predicted molar refractivity (Wildman–Crippen MR) is 108 cm³/mol. The van der Waals surface area contributed by atoms with Crippen LogP contribution in [0.5, 0.6) is 0 Å². The highest BCUT2D eigenvalue weighted by Crippen LogP contribution is 2.19. The SMILES string of the molecule is Cc1ccc(C(=O)NC2CNCCC2C)cc1NC(=O)Nc1ccccc1. The molecule has 1 saturated heterocycles. The molecular formula is C21H26N4O2. The fourth-order valence-corrected chi connectivity index (χ4v) is 3.14. The van der Waals surface area contributed by atoms with Crippen molar-refractivity contribution in [2.45, 2.75) is 26.3 Å². The summed E-state index contributed by atoms with van der Waals surface area (Å²) in [7, 11) is 0. The Kier molecular flexibility index (Phi) is 6.08. The summed E-state index contributed by atoms with van der Waals surface area (Å²) in [5.41, 5.74) is 2.75. The molecule has 0 saturated carbocycles. The number of nitrogens with one attached hydrogen (secondary N) is 4. The number of aryl methyl sites for hydroxylation is 1. The Hall–Kier alpha value is -2.86. The maximum atomic E-state index is 12.6. The summed E-state index contributed by atoms with van der Waals surface area (Å²) in [4.78, 5) is 24.9. The van der Waals surface area contributed by atoms with Gasteiger partial charge in [0, 0.05) is 29.5 Å². The average Bonchev–Trinajstić information content (AvgIpc) is 2.66. The van der Waals surface area contributed by atoms with Crippen LogP contribution in [0.1, 0.15) is 29.3 Å². The van der Waals surface area contributed by atoms with Crippen LogP contribution in [0.15, 0.2) is 48.5 Å². The fourth-order valence-electron chi connectivity index (χ4n) is 3.14. The van der Waals surface area contributed by atoms with Crippen molar-refractivity contribution in [2.24, 2.45) is 5.92 Å². The third-order valence-corrected chi connectivity index (χ3v) is 4.92. The number of amides is 3. The lowest BCUT2D eigenvalue weighted by molar-refractivity contribution is 0.0915. The van der Waals surface area contributed by atoms with Crippen LogP contribution in [0, 0.1) is 12.8 Å². The Labute approximate surface area is 159 Å². The molecule has 3 rings (SSSR count). The lowest BCUT2D eigenvalue weighted by atomic mass is 9.94. The van der Waals surface area contributed by atoms with Gasteiger partial charge in [0.2, 0.25) is 0 Å². The Morgan fingerprint density at radius 3 is 2.59 bits per heavy atom. The van der Waals surface area contributed by atoms with Crippen LogP contribution in [0.25, 0.3) is 0 Å². The van der Waals surface area contributed by atoms with Gasteiger partial charge in [-0.3, -0.25) is 4.79 Å². The quantitative estimate of drug-likeness (QED) is 0.670. The zero-order valence-corrected chi connectivity index (χ0v) is 15.7. The van der Waals surface area contributed by atoms with Crippen molar-refractivity contribution in [3.8, 4) is 0 Å². The van der Waals surface area contributed by atoms with E-state index in [2.05, 4.69) is 28.2 Å². The van der Waals surface area contributed by atoms with E-state index in [4.69, 9.17) is 0 Å². The van der Waals surface area contributed by atoms with Crippen molar-refractivity contribution in [3.63, 3.8) is 0 Å². The van der Waals surface area contributed by atoms with Crippen LogP contribution in [0.4, 0.5) is 16.2 Å². The molecule has 27 heavy (non-hydrogen) atoms. The summed E-state index contributed by atoms with van der Waals surface area (Å²) in [6, 6.07) is 14.3. The van der Waals surface area contributed by atoms with E-state index in [0.29, 0.717) is 22.9 Å². The van der Waals surface area contributed by atoms with Crippen LogP contribution in [-0.2, 0) is 0 Å². The highest BCUT2D eigenvalue weighted by molar-refractivity contribution is 6.02. The van der Waals surface area contributed by atoms with Gasteiger partial charge < -0.3 is 21.3 Å². The third kappa shape index (κ3) is 5.08. The minimum absolute atomic E-state index is 0.116. The number of piperidine rings is 1. The molecule has 2 aromatic rings. The van der Waals surface area contributed by atoms with Gasteiger partial charge in [0.1, 0.15) is 0 Å². The van der Waals surface area contributed by atoms with Gasteiger partial charge in [-0.2, -0.15) is 0 Å². The maximum Gasteiger partial charge on any atom is 0.323 e. The maximum absolute atomic E-state index is 12.6. The Morgan fingerprint density at radius 1 is 1.07 bits per heavy atom. The van der Waals surface area contributed by atoms with Gasteiger partial charge in [-0.25, -0.2) is 4.79 Å². The number of carbonyl (C=O) groups excluding carboxylic acids is 2. The van der Waals surface area contributed by atoms with Crippen molar-refractivity contribution in [3.05, 3.63) is 59.7 Å². The first-order valence-electron chi connectivity index (χ1n) is 9.28. The second kappa shape index (κ2) is 8.68. The van der Waals surface area contributed by atoms with E-state index in [1.165, 1.54) is 0 Å². The molecular weight excluding hydrogens is 340 g/mol. The molecule has 4 N–H and O–H groups in total. The van der Waals surface area contributed by atoms with Crippen LogP contribution >= 0.6 is 0 Å². The van der Waals surface area contributed by atoms with Crippen molar-refractivity contribution >= 4 is 23.3 Å². The minimum Gasteiger partial charge on any atom is -0.348 e. The first-order valence-corrected chi connectivity index (χ1v) is 9.28. The molecule has 6 heteroatoms. The summed E-state index contributed by atoms with van der Waals surface area (Å²) >= 11 is 0. The van der Waals surface area contributed by atoms with E-state index in [9.17, 15) is 9.59 Å². The monoisotopic (exact) mass is 366 g/mol. The normalized spacial score (nSPS) is 19.2. The lowest BCUT2D eigenvalue weighted by Crippen LogP contribution is -2.50. The molecule has 0 aromatic heterocycles. The van der Waals surface area contributed by atoms with E-state index in [1.54, 1.807) is 12.1 Å². The second-order valence-corrected chi connectivity index (χ2v) is 7.02. The molecule has 0 aliphatic carbocycles. The standard InChI is InChI=1S/C21H26N4O2/c1-14-8-9-16(20(26)24-19-13-22-11-10-15(19)2)12-18(14)25-21(27)23-17-6-4-3-5-7-17/h3-9,12,15,19,22H,10-11,13H2,1-2H3,(H,24,26)(H2,23,25,27). The molecule has 1 fully saturated rings. The molecule has 1 heterocycles. The van der Waals surface area contributed by atoms with Gasteiger partial charge in [-0.15, -0.1) is 0 Å². The smallest absolute Gasteiger partial charge is 0.323 e. The van der Waals surface area contributed by atoms with Gasteiger partial charge in [0.05, 0.1) is 0 Å². The number of hydrogen-bond donors (Lipinski definition) is 4. The fraction of sp³-hybridized carbons (Fsp3) is 0.333. The number of para-hydroxylation sites is 1. The number of urea groups is 1. The number of benzene rings is 2. The van der Waals surface area contributed by atoms with Crippen molar-refractivity contribution < 1.29 is 9.59 Å². The number of hydrogen-bond acceptors (Lipinski definition) is 3. The summed E-state index contributed by atoms with van der Waals surface area (Å²) in [5, 5.41) is 12.0. The summed E-state index contributed by atoms with van der Waals surface area (Å²) in [6.07, 6.45) is 1.05. The first kappa shape index (κ1) is 18.9. The zero-order chi connectivity index (χ0) is 19.2. The Balaban J connectivity index is 1.66. The first-order chi connectivity index (χ1) is 13.0. The molecule has 0 bridgehead atoms. The summed E-state index contributed by atoms with van der Waals surface area (Å²) < 4.78 is 0. The van der Waals surface area contributed by atoms with Crippen LogP contribution in [-0.4, -0.2) is 31.1 Å². The highest BCUT2D eigenvalue weighted by atomic mass is 16.2. The summed E-state index contributed by atoms with van der Waals surface area (Å²) in [5.74, 6) is 0.317. The minimum atomic E-state index is -0.341. The molecule has 2 aromatic carbocycles. The number of anilines is 2. The van der Waals surface area contributed by atoms with Crippen molar-refractivity contribution in [2.75, 3.05) is 23.7 Å². The van der Waals surface area contributed by atoms with Crippen LogP contribution < -0.4 is 21.3 Å². The second-order valence-electron chi connectivity index (χ2n) is 7.02. The van der Waals surface area contributed by atoms with E-state index in [0.717, 1.165) is 25.1 Å². The molecule has 142 valence electrons. The summed E-state index contributed by atoms with van der Waals surface area (Å²) in [6.45, 7) is 5.82. The predicted octanol–water partition coefficient (Wildman–Crippen LogP) is 3.37. The van der Waals surface area contributed by atoms with Crippen molar-refractivity contribution in [1.82, 2.24) is 10.6 Å². The molecule has 0 radical (unpaired) electrons. The molecule has 2 unspecified atom stereocenters. The third-order valence-electron chi connectivity index (χ3n) is 4.92. The van der Waals surface area contributed by atoms with Crippen LogP contribution in [0.3, 0.4) is 0 Å². The van der Waals surface area contributed by atoms with E-state index in [1.807, 2.05) is 43.3 Å². The van der Waals surface area contributed by atoms with E-state index < -0.39 is 0 Å². The Morgan fingerprint density at radius 2 is 1.85 bits per heavy atom. The van der Waals surface area contributed by atoms with Gasteiger partial charge in [0.15, 0.2) is 0 Å². The van der Waals surface area contributed by atoms with Gasteiger partial charge in [-0.1, -0.05) is 31.2 Å². The van der Waals surface area contributed by atoms with Gasteiger partial charge >= 0.3 is 6.03 Å². The molecule has 0 spiro atoms. The largest absolute Gasteiger partial charge is 0.348 e. The van der Waals surface area contributed by atoms with Gasteiger partial charge in [-0.05, 0) is 55.6 Å². The molecule has 2 atom stereocenters. The molecule has 1 aliphatic rings. The molecule has 6 nitrogen and oxygen atoms in total. The topological polar surface area (TPSA) is 82.3 Å². The zero-order valence-electron chi connectivity index (χ0n) is 15.7. The molecule has 3 amide bonds. The number of carbonyl (C=O) groups is 2. The van der Waals surface area contributed by atoms with Gasteiger partial charge in [0.25, 0.3) is 5.91 Å². The lowest BCUT2D eigenvalue weighted by Gasteiger charge is -2.30. The van der Waals surface area contributed by atoms with E-state index in [-0.39, 0.29) is 18.0 Å². The molecule has 1 aliphatic heterocycles. The van der Waals surface area contributed by atoms with E-state index >= 15 is 0 Å².